The maximum Gasteiger partial charge on any atom is 0.416 e. The van der Waals surface area contributed by atoms with E-state index in [9.17, 15) is 28.0 Å². The molecule has 222 valence electrons. The summed E-state index contributed by atoms with van der Waals surface area (Å²) >= 11 is 0. The zero-order chi connectivity index (χ0) is 30.4. The number of anilines is 1. The summed E-state index contributed by atoms with van der Waals surface area (Å²) in [7, 11) is 1.22. The van der Waals surface area contributed by atoms with Gasteiger partial charge in [-0.1, -0.05) is 6.07 Å². The van der Waals surface area contributed by atoms with Crippen LogP contribution in [0.5, 0.6) is 5.75 Å². The number of rotatable bonds is 8. The number of ether oxygens (including phenoxy) is 1. The number of carbonyl (C=O) groups excluding carboxylic acids is 2. The Labute approximate surface area is 244 Å². The van der Waals surface area contributed by atoms with Crippen molar-refractivity contribution in [3.05, 3.63) is 59.9 Å². The first-order valence-corrected chi connectivity index (χ1v) is 13.7. The molecule has 6 rings (SSSR count). The highest BCUT2D eigenvalue weighted by atomic mass is 19.4. The molecule has 4 aromatic rings. The van der Waals surface area contributed by atoms with E-state index in [1.807, 2.05) is 18.3 Å². The molecule has 0 spiro atoms. The quantitative estimate of drug-likeness (QED) is 0.280. The molecule has 14 heteroatoms. The monoisotopic (exact) mass is 592 g/mol. The third kappa shape index (κ3) is 5.15. The van der Waals surface area contributed by atoms with Gasteiger partial charge in [-0.25, -0.2) is 4.52 Å². The van der Waals surface area contributed by atoms with Crippen LogP contribution in [0, 0.1) is 11.3 Å². The lowest BCUT2D eigenvalue weighted by Crippen LogP contribution is -2.48. The minimum Gasteiger partial charge on any atom is -0.496 e. The summed E-state index contributed by atoms with van der Waals surface area (Å²) in [6.45, 7) is 0.537. The maximum absolute atomic E-state index is 13.3. The standard InChI is InChI=1S/C29H27F3N8O3/c1-43-24-15-20(29(30,31)32)5-8-22(24)26(42)37-13-10-28(9-12-33,11-14-37)39-17-19(16-34-39)23-3-2-4-25-35-27(36-40(23)25)38(18-41)21-6-7-21/h2-5,8,15-18,21H,6-7,9-11,13-14H2,1H3. The van der Waals surface area contributed by atoms with E-state index in [4.69, 9.17) is 4.74 Å². The van der Waals surface area contributed by atoms with Gasteiger partial charge in [-0.2, -0.15) is 28.5 Å². The number of aromatic nitrogens is 5. The number of piperidine rings is 1. The molecule has 2 amide bonds. The van der Waals surface area contributed by atoms with Gasteiger partial charge < -0.3 is 9.64 Å². The molecule has 2 aliphatic rings. The number of amides is 2. The highest BCUT2D eigenvalue weighted by Gasteiger charge is 2.40. The average Bonchev–Trinajstić information content (AvgIpc) is 3.53. The van der Waals surface area contributed by atoms with Crippen molar-refractivity contribution < 1.29 is 27.5 Å². The van der Waals surface area contributed by atoms with E-state index in [2.05, 4.69) is 21.3 Å². The Kier molecular flexibility index (Phi) is 7.03. The Morgan fingerprint density at radius 2 is 2.00 bits per heavy atom. The summed E-state index contributed by atoms with van der Waals surface area (Å²) in [6.07, 6.45) is 2.49. The number of fused-ring (bicyclic) bond motifs is 1. The number of alkyl halides is 3. The SMILES string of the molecule is COc1cc(C(F)(F)F)ccc1C(=O)N1CCC(CC#N)(n2cc(-c3cccc4nc(N(C=O)C5CC5)nn34)cn2)CC1. The van der Waals surface area contributed by atoms with Crippen LogP contribution in [0.25, 0.3) is 16.9 Å². The number of hydrogen-bond donors (Lipinski definition) is 0. The third-order valence-electron chi connectivity index (χ3n) is 8.15. The molecule has 0 bridgehead atoms. The largest absolute Gasteiger partial charge is 0.496 e. The third-order valence-corrected chi connectivity index (χ3v) is 8.15. The topological polar surface area (TPSA) is 122 Å². The van der Waals surface area contributed by atoms with E-state index in [1.165, 1.54) is 12.0 Å². The normalized spacial score (nSPS) is 16.6. The summed E-state index contributed by atoms with van der Waals surface area (Å²) in [5.41, 5.74) is 0.457. The zero-order valence-corrected chi connectivity index (χ0v) is 23.2. The van der Waals surface area contributed by atoms with Crippen molar-refractivity contribution in [2.24, 2.45) is 0 Å². The second kappa shape index (κ2) is 10.7. The number of hydrogen-bond acceptors (Lipinski definition) is 7. The fraction of sp³-hybridized carbons (Fsp3) is 0.379. The number of carbonyl (C=O) groups is 2. The highest BCUT2D eigenvalue weighted by Crippen LogP contribution is 2.37. The molecule has 2 fully saturated rings. The summed E-state index contributed by atoms with van der Waals surface area (Å²) in [6, 6.07) is 10.7. The number of nitriles is 1. The number of halogens is 3. The first kappa shape index (κ1) is 28.2. The molecule has 1 aromatic carbocycles. The van der Waals surface area contributed by atoms with Gasteiger partial charge in [-0.05, 0) is 56.0 Å². The Balaban J connectivity index is 1.24. The van der Waals surface area contributed by atoms with Gasteiger partial charge in [0.1, 0.15) is 5.75 Å². The summed E-state index contributed by atoms with van der Waals surface area (Å²) in [5, 5.41) is 18.9. The van der Waals surface area contributed by atoms with Gasteiger partial charge in [-0.3, -0.25) is 19.2 Å². The van der Waals surface area contributed by atoms with E-state index in [0.717, 1.165) is 43.0 Å². The van der Waals surface area contributed by atoms with Crippen LogP contribution >= 0.6 is 0 Å². The molecule has 0 atom stereocenters. The molecule has 1 saturated carbocycles. The summed E-state index contributed by atoms with van der Waals surface area (Å²) < 4.78 is 48.0. The van der Waals surface area contributed by atoms with Crippen molar-refractivity contribution in [3.8, 4) is 23.1 Å². The van der Waals surface area contributed by atoms with E-state index in [1.54, 1.807) is 26.4 Å². The molecule has 0 radical (unpaired) electrons. The fourth-order valence-electron chi connectivity index (χ4n) is 5.56. The van der Waals surface area contributed by atoms with Gasteiger partial charge in [0.25, 0.3) is 11.9 Å². The highest BCUT2D eigenvalue weighted by molar-refractivity contribution is 5.97. The van der Waals surface area contributed by atoms with Crippen molar-refractivity contribution in [1.29, 1.82) is 5.26 Å². The summed E-state index contributed by atoms with van der Waals surface area (Å²) in [4.78, 5) is 32.6. The molecule has 11 nitrogen and oxygen atoms in total. The Bertz CT molecular complexity index is 1730. The first-order chi connectivity index (χ1) is 20.7. The molecule has 0 N–H and O–H groups in total. The first-order valence-electron chi connectivity index (χ1n) is 13.7. The molecule has 1 aliphatic heterocycles. The van der Waals surface area contributed by atoms with Crippen LogP contribution in [0.4, 0.5) is 19.1 Å². The van der Waals surface area contributed by atoms with Crippen LogP contribution in [0.1, 0.15) is 48.0 Å². The minimum atomic E-state index is -4.56. The number of likely N-dealkylation sites (tertiary alicyclic amines) is 1. The van der Waals surface area contributed by atoms with Crippen LogP contribution in [0.3, 0.4) is 0 Å². The van der Waals surface area contributed by atoms with Crippen LogP contribution in [0.2, 0.25) is 0 Å². The van der Waals surface area contributed by atoms with Gasteiger partial charge in [0.2, 0.25) is 6.41 Å². The van der Waals surface area contributed by atoms with Crippen molar-refractivity contribution in [1.82, 2.24) is 29.3 Å². The molecule has 1 saturated heterocycles. The molecule has 3 aromatic heterocycles. The lowest BCUT2D eigenvalue weighted by molar-refractivity contribution is -0.137. The van der Waals surface area contributed by atoms with Crippen LogP contribution in [-0.4, -0.2) is 67.8 Å². The maximum atomic E-state index is 13.3. The van der Waals surface area contributed by atoms with E-state index in [-0.39, 0.29) is 36.9 Å². The zero-order valence-electron chi connectivity index (χ0n) is 23.2. The lowest BCUT2D eigenvalue weighted by atomic mass is 9.84. The van der Waals surface area contributed by atoms with Gasteiger partial charge >= 0.3 is 6.18 Å². The number of benzene rings is 1. The van der Waals surface area contributed by atoms with Crippen molar-refractivity contribution in [3.63, 3.8) is 0 Å². The summed E-state index contributed by atoms with van der Waals surface area (Å²) in [5.74, 6) is -0.259. The Morgan fingerprint density at radius 1 is 1.23 bits per heavy atom. The van der Waals surface area contributed by atoms with E-state index < -0.39 is 23.2 Å². The lowest BCUT2D eigenvalue weighted by Gasteiger charge is -2.40. The molecular formula is C29H27F3N8O3. The van der Waals surface area contributed by atoms with Crippen molar-refractivity contribution in [2.75, 3.05) is 25.1 Å². The van der Waals surface area contributed by atoms with E-state index in [0.29, 0.717) is 30.1 Å². The predicted octanol–water partition coefficient (Wildman–Crippen LogP) is 4.29. The Hall–Kier alpha value is -4.93. The van der Waals surface area contributed by atoms with Gasteiger partial charge in [-0.15, -0.1) is 5.10 Å². The molecular weight excluding hydrogens is 565 g/mol. The molecule has 4 heterocycles. The molecule has 43 heavy (non-hydrogen) atoms. The fourth-order valence-corrected chi connectivity index (χ4v) is 5.56. The van der Waals surface area contributed by atoms with Crippen molar-refractivity contribution in [2.45, 2.75) is 49.9 Å². The number of nitrogens with zero attached hydrogens (tertiary/aromatic N) is 8. The van der Waals surface area contributed by atoms with E-state index >= 15 is 0 Å². The van der Waals surface area contributed by atoms with Crippen LogP contribution in [0.15, 0.2) is 48.8 Å². The minimum absolute atomic E-state index is 0.0415. The Morgan fingerprint density at radius 3 is 2.65 bits per heavy atom. The van der Waals surface area contributed by atoms with Crippen molar-refractivity contribution >= 4 is 23.9 Å². The molecule has 1 aliphatic carbocycles. The predicted molar refractivity (Wildman–Crippen MR) is 147 cm³/mol. The average molecular weight is 593 g/mol. The molecule has 0 unspecified atom stereocenters. The van der Waals surface area contributed by atoms with Gasteiger partial charge in [0.05, 0.1) is 48.2 Å². The van der Waals surface area contributed by atoms with Crippen LogP contribution in [-0.2, 0) is 16.5 Å². The second-order valence-electron chi connectivity index (χ2n) is 10.8. The number of methoxy groups -OCH3 is 1. The van der Waals surface area contributed by atoms with Gasteiger partial charge in [0.15, 0.2) is 5.65 Å². The van der Waals surface area contributed by atoms with Gasteiger partial charge in [0, 0.05) is 30.9 Å². The van der Waals surface area contributed by atoms with Crippen LogP contribution < -0.4 is 9.64 Å². The smallest absolute Gasteiger partial charge is 0.416 e. The second-order valence-corrected chi connectivity index (χ2v) is 10.8. The number of pyridine rings is 1.